The van der Waals surface area contributed by atoms with Crippen molar-refractivity contribution < 1.29 is 5.11 Å². The van der Waals surface area contributed by atoms with Gasteiger partial charge in [0.2, 0.25) is 0 Å². The average Bonchev–Trinajstić information content (AvgIpc) is 2.53. The normalized spacial score (nSPS) is 10.9. The Morgan fingerprint density at radius 1 is 0.636 bits per heavy atom. The predicted molar refractivity (Wildman–Crippen MR) is 100 cm³/mol. The van der Waals surface area contributed by atoms with Crippen molar-refractivity contribution in [2.75, 3.05) is 6.61 Å². The highest BCUT2D eigenvalue weighted by molar-refractivity contribution is 5.01. The van der Waals surface area contributed by atoms with Crippen molar-refractivity contribution >= 4 is 0 Å². The molecule has 0 bridgehead atoms. The van der Waals surface area contributed by atoms with Gasteiger partial charge in [0.25, 0.3) is 0 Å². The molecule has 1 nitrogen and oxygen atoms in total. The van der Waals surface area contributed by atoms with Gasteiger partial charge in [0.1, 0.15) is 0 Å². The van der Waals surface area contributed by atoms with E-state index in [2.05, 4.69) is 19.9 Å². The predicted octanol–water partition coefficient (Wildman–Crippen LogP) is 7.19. The summed E-state index contributed by atoms with van der Waals surface area (Å²) in [6, 6.07) is 0. The van der Waals surface area contributed by atoms with Gasteiger partial charge in [0, 0.05) is 6.61 Å². The number of hydrogen-bond donors (Lipinski definition) is 1. The maximum absolute atomic E-state index is 8.94. The summed E-state index contributed by atoms with van der Waals surface area (Å²) in [7, 11) is 0. The van der Waals surface area contributed by atoms with Crippen molar-refractivity contribution in [3.05, 3.63) is 11.6 Å². The lowest BCUT2D eigenvalue weighted by Crippen LogP contribution is -1.89. The number of hydrogen-bond acceptors (Lipinski definition) is 1. The lowest BCUT2D eigenvalue weighted by molar-refractivity contribution is 0.289. The van der Waals surface area contributed by atoms with Crippen LogP contribution in [0.3, 0.4) is 0 Å². The van der Waals surface area contributed by atoms with Crippen LogP contribution in [0.25, 0.3) is 0 Å². The summed E-state index contributed by atoms with van der Waals surface area (Å²) in [4.78, 5) is 0. The van der Waals surface area contributed by atoms with Gasteiger partial charge in [-0.25, -0.2) is 0 Å². The van der Waals surface area contributed by atoms with Crippen molar-refractivity contribution in [2.45, 2.75) is 117 Å². The van der Waals surface area contributed by atoms with Crippen LogP contribution in [0.4, 0.5) is 0 Å². The first kappa shape index (κ1) is 21.7. The third kappa shape index (κ3) is 16.1. The summed E-state index contributed by atoms with van der Waals surface area (Å²) in [5, 5.41) is 8.94. The highest BCUT2D eigenvalue weighted by atomic mass is 16.2. The lowest BCUT2D eigenvalue weighted by Gasteiger charge is -2.08. The van der Waals surface area contributed by atoms with Crippen molar-refractivity contribution in [3.63, 3.8) is 0 Å². The smallest absolute Gasteiger partial charge is 0.0433 e. The molecule has 0 aromatic carbocycles. The summed E-state index contributed by atoms with van der Waals surface area (Å²) in [6.07, 6.45) is 23.7. The quantitative estimate of drug-likeness (QED) is 0.223. The molecule has 0 amide bonds. The van der Waals surface area contributed by atoms with Crippen LogP contribution in [-0.4, -0.2) is 11.7 Å². The molecule has 0 aromatic rings. The molecule has 0 radical (unpaired) electrons. The Morgan fingerprint density at radius 2 is 1.09 bits per heavy atom. The monoisotopic (exact) mass is 310 g/mol. The van der Waals surface area contributed by atoms with E-state index in [4.69, 9.17) is 5.11 Å². The van der Waals surface area contributed by atoms with Crippen LogP contribution in [0.15, 0.2) is 11.6 Å². The minimum absolute atomic E-state index is 0.331. The van der Waals surface area contributed by atoms with E-state index < -0.39 is 0 Å². The van der Waals surface area contributed by atoms with E-state index in [1.54, 1.807) is 5.57 Å². The first-order chi connectivity index (χ1) is 10.8. The lowest BCUT2D eigenvalue weighted by atomic mass is 9.98. The average molecular weight is 311 g/mol. The molecule has 0 aliphatic carbocycles. The topological polar surface area (TPSA) is 20.2 Å². The molecule has 22 heavy (non-hydrogen) atoms. The summed E-state index contributed by atoms with van der Waals surface area (Å²) < 4.78 is 0. The van der Waals surface area contributed by atoms with Crippen molar-refractivity contribution in [1.82, 2.24) is 0 Å². The summed E-state index contributed by atoms with van der Waals surface area (Å²) in [5.74, 6) is 0. The molecular weight excluding hydrogens is 268 g/mol. The Kier molecular flexibility index (Phi) is 18.5. The molecule has 0 saturated carbocycles. The van der Waals surface area contributed by atoms with E-state index in [1.807, 2.05) is 0 Å². The van der Waals surface area contributed by atoms with Gasteiger partial charge in [0.15, 0.2) is 0 Å². The first-order valence-electron chi connectivity index (χ1n) is 10.1. The fourth-order valence-corrected chi connectivity index (χ4v) is 2.99. The Hall–Kier alpha value is -0.300. The molecule has 0 unspecified atom stereocenters. The third-order valence-corrected chi connectivity index (χ3v) is 4.50. The van der Waals surface area contributed by atoms with E-state index in [0.717, 1.165) is 12.8 Å². The van der Waals surface area contributed by atoms with Crippen molar-refractivity contribution in [1.29, 1.82) is 0 Å². The molecule has 1 N–H and O–H groups in total. The largest absolute Gasteiger partial charge is 0.396 e. The summed E-state index contributed by atoms with van der Waals surface area (Å²) in [5.41, 5.74) is 1.67. The zero-order chi connectivity index (χ0) is 16.3. The Balaban J connectivity index is 3.77. The van der Waals surface area contributed by atoms with Crippen LogP contribution in [-0.2, 0) is 0 Å². The molecule has 0 rings (SSSR count). The van der Waals surface area contributed by atoms with E-state index in [1.165, 1.54) is 89.9 Å². The minimum atomic E-state index is 0.331. The minimum Gasteiger partial charge on any atom is -0.396 e. The second-order valence-electron chi connectivity index (χ2n) is 6.76. The number of aliphatic hydroxyl groups is 1. The Morgan fingerprint density at radius 3 is 1.55 bits per heavy atom. The van der Waals surface area contributed by atoms with Crippen LogP contribution in [0.2, 0.25) is 0 Å². The zero-order valence-electron chi connectivity index (χ0n) is 15.5. The summed E-state index contributed by atoms with van der Waals surface area (Å²) in [6.45, 7) is 4.89. The SMILES string of the molecule is CCCCCCCCC(=CCCCO)CCCCCCCC. The number of allylic oxidation sites excluding steroid dienone is 2. The van der Waals surface area contributed by atoms with E-state index in [0.29, 0.717) is 6.61 Å². The zero-order valence-corrected chi connectivity index (χ0v) is 15.5. The standard InChI is InChI=1S/C21H42O/c1-3-5-7-9-11-13-17-21(19-15-16-20-22)18-14-12-10-8-6-4-2/h19,22H,3-18,20H2,1-2H3. The molecular formula is C21H42O. The molecule has 0 saturated heterocycles. The molecule has 0 aliphatic heterocycles. The third-order valence-electron chi connectivity index (χ3n) is 4.50. The highest BCUT2D eigenvalue weighted by Crippen LogP contribution is 2.19. The van der Waals surface area contributed by atoms with E-state index >= 15 is 0 Å². The number of rotatable bonds is 17. The van der Waals surface area contributed by atoms with Gasteiger partial charge in [-0.3, -0.25) is 0 Å². The Labute approximate surface area is 140 Å². The maximum atomic E-state index is 8.94. The first-order valence-corrected chi connectivity index (χ1v) is 10.1. The fraction of sp³-hybridized carbons (Fsp3) is 0.905. The van der Waals surface area contributed by atoms with Gasteiger partial charge < -0.3 is 5.11 Å². The van der Waals surface area contributed by atoms with Crippen LogP contribution in [0, 0.1) is 0 Å². The molecule has 0 heterocycles. The molecule has 0 aliphatic rings. The second kappa shape index (κ2) is 18.7. The second-order valence-corrected chi connectivity index (χ2v) is 6.76. The van der Waals surface area contributed by atoms with Gasteiger partial charge in [-0.1, -0.05) is 89.7 Å². The van der Waals surface area contributed by atoms with Crippen molar-refractivity contribution in [2.24, 2.45) is 0 Å². The maximum Gasteiger partial charge on any atom is 0.0433 e. The van der Waals surface area contributed by atoms with E-state index in [9.17, 15) is 0 Å². The van der Waals surface area contributed by atoms with Crippen LogP contribution < -0.4 is 0 Å². The Bertz CT molecular complexity index is 214. The van der Waals surface area contributed by atoms with Crippen molar-refractivity contribution in [3.8, 4) is 0 Å². The molecule has 0 spiro atoms. The number of unbranched alkanes of at least 4 members (excludes halogenated alkanes) is 11. The molecule has 0 aromatic heterocycles. The van der Waals surface area contributed by atoms with Gasteiger partial charge in [-0.2, -0.15) is 0 Å². The van der Waals surface area contributed by atoms with Crippen LogP contribution >= 0.6 is 0 Å². The van der Waals surface area contributed by atoms with Gasteiger partial charge in [0.05, 0.1) is 0 Å². The molecule has 0 fully saturated rings. The van der Waals surface area contributed by atoms with Gasteiger partial charge in [-0.15, -0.1) is 0 Å². The van der Waals surface area contributed by atoms with E-state index in [-0.39, 0.29) is 0 Å². The van der Waals surface area contributed by atoms with Gasteiger partial charge in [-0.05, 0) is 38.5 Å². The molecule has 132 valence electrons. The fourth-order valence-electron chi connectivity index (χ4n) is 2.99. The summed E-state index contributed by atoms with van der Waals surface area (Å²) >= 11 is 0. The highest BCUT2D eigenvalue weighted by Gasteiger charge is 1.99. The van der Waals surface area contributed by atoms with Gasteiger partial charge >= 0.3 is 0 Å². The molecule has 1 heteroatoms. The van der Waals surface area contributed by atoms with Crippen LogP contribution in [0.1, 0.15) is 117 Å². The van der Waals surface area contributed by atoms with Crippen LogP contribution in [0.5, 0.6) is 0 Å². The molecule has 0 atom stereocenters. The number of aliphatic hydroxyl groups excluding tert-OH is 1.